The summed E-state index contributed by atoms with van der Waals surface area (Å²) in [6.45, 7) is 13.3. The van der Waals surface area contributed by atoms with Gasteiger partial charge >= 0.3 is 11.9 Å². The zero-order valence-corrected chi connectivity index (χ0v) is 20.9. The first kappa shape index (κ1) is 21.2. The lowest BCUT2D eigenvalue weighted by Gasteiger charge is -2.47. The Morgan fingerprint density at radius 2 is 1.88 bits per heavy atom. The molecule has 4 fully saturated rings. The van der Waals surface area contributed by atoms with Crippen molar-refractivity contribution in [3.8, 4) is 0 Å². The Labute approximate surface area is 202 Å². The summed E-state index contributed by atoms with van der Waals surface area (Å²) in [5.74, 6) is 0.621. The highest BCUT2D eigenvalue weighted by molar-refractivity contribution is 5.91. The molecule has 9 atom stereocenters. The van der Waals surface area contributed by atoms with E-state index in [0.717, 1.165) is 25.7 Å². The molecule has 0 amide bonds. The van der Waals surface area contributed by atoms with Crippen LogP contribution >= 0.6 is 0 Å². The van der Waals surface area contributed by atoms with Crippen LogP contribution in [0.2, 0.25) is 0 Å². The Balaban J connectivity index is 1.38. The highest BCUT2D eigenvalue weighted by Crippen LogP contribution is 2.75. The van der Waals surface area contributed by atoms with E-state index in [1.54, 1.807) is 5.57 Å². The molecule has 2 saturated heterocycles. The van der Waals surface area contributed by atoms with Crippen molar-refractivity contribution in [3.63, 3.8) is 0 Å². The standard InChI is InChI=1S/C30H36O4/c1-15-7-6-8-28(5)13-24-21(11-20(15)28)30(27(32)34-24)14-29-12-19-18(4)26(31)33-23(19)9-16(2)25(29)22(30)10-17(29)3/h10-11,15,19,21-24H,4,6-9,12-14H2,1-3,5H3. The van der Waals surface area contributed by atoms with E-state index in [1.165, 1.54) is 36.0 Å². The van der Waals surface area contributed by atoms with Gasteiger partial charge in [-0.15, -0.1) is 0 Å². The largest absolute Gasteiger partial charge is 0.461 e. The summed E-state index contributed by atoms with van der Waals surface area (Å²) >= 11 is 0. The van der Waals surface area contributed by atoms with Crippen LogP contribution in [0.3, 0.4) is 0 Å². The molecule has 0 N–H and O–H groups in total. The minimum Gasteiger partial charge on any atom is -0.461 e. The fourth-order valence-electron chi connectivity index (χ4n) is 9.82. The molecule has 4 nitrogen and oxygen atoms in total. The van der Waals surface area contributed by atoms with Crippen molar-refractivity contribution < 1.29 is 19.1 Å². The van der Waals surface area contributed by atoms with Gasteiger partial charge < -0.3 is 9.47 Å². The molecule has 2 aliphatic heterocycles. The number of esters is 2. The quantitative estimate of drug-likeness (QED) is 0.259. The van der Waals surface area contributed by atoms with E-state index in [1.807, 2.05) is 0 Å². The van der Waals surface area contributed by atoms with Gasteiger partial charge in [0, 0.05) is 35.2 Å². The second-order valence-corrected chi connectivity index (χ2v) is 13.0. The van der Waals surface area contributed by atoms with Crippen molar-refractivity contribution in [1.29, 1.82) is 0 Å². The first-order valence-electron chi connectivity index (χ1n) is 13.3. The Hall–Kier alpha value is -2.10. The zero-order valence-electron chi connectivity index (χ0n) is 20.9. The molecular formula is C30H36O4. The third-order valence-corrected chi connectivity index (χ3v) is 11.3. The molecule has 5 aliphatic carbocycles. The highest BCUT2D eigenvalue weighted by Gasteiger charge is 2.73. The highest BCUT2D eigenvalue weighted by atomic mass is 16.6. The lowest BCUT2D eigenvalue weighted by atomic mass is 9.55. The molecule has 0 radical (unpaired) electrons. The van der Waals surface area contributed by atoms with Gasteiger partial charge in [-0.05, 0) is 57.3 Å². The van der Waals surface area contributed by atoms with Gasteiger partial charge in [0.25, 0.3) is 0 Å². The second-order valence-electron chi connectivity index (χ2n) is 13.0. The Bertz CT molecular complexity index is 1150. The van der Waals surface area contributed by atoms with Crippen molar-refractivity contribution in [2.24, 2.45) is 39.9 Å². The van der Waals surface area contributed by atoms with Gasteiger partial charge in [-0.3, -0.25) is 4.79 Å². The molecule has 4 heteroatoms. The summed E-state index contributed by atoms with van der Waals surface area (Å²) in [6.07, 6.45) is 11.8. The van der Waals surface area contributed by atoms with Gasteiger partial charge in [-0.2, -0.15) is 0 Å². The van der Waals surface area contributed by atoms with Crippen LogP contribution in [-0.2, 0) is 19.1 Å². The SMILES string of the molecule is C=C1C(=O)OC2CC(C)=C3C4C=C(C)C3(CC12)CC41C(=O)OC2CC3(C)CCCC(C)C3=CC21. The number of carbonyl (C=O) groups excluding carboxylic acids is 2. The van der Waals surface area contributed by atoms with Gasteiger partial charge in [0.1, 0.15) is 12.2 Å². The lowest BCUT2D eigenvalue weighted by Crippen LogP contribution is -2.44. The molecule has 0 aromatic rings. The van der Waals surface area contributed by atoms with E-state index in [4.69, 9.17) is 9.47 Å². The molecule has 2 saturated carbocycles. The maximum atomic E-state index is 13.9. The van der Waals surface area contributed by atoms with E-state index in [-0.39, 0.29) is 52.7 Å². The van der Waals surface area contributed by atoms with E-state index < -0.39 is 5.41 Å². The van der Waals surface area contributed by atoms with Crippen molar-refractivity contribution in [1.82, 2.24) is 0 Å². The van der Waals surface area contributed by atoms with Crippen LogP contribution < -0.4 is 0 Å². The topological polar surface area (TPSA) is 52.6 Å². The number of carbonyl (C=O) groups is 2. The number of fused-ring (bicyclic) bond motifs is 5. The minimum absolute atomic E-state index is 0.0136. The lowest BCUT2D eigenvalue weighted by molar-refractivity contribution is -0.150. The van der Waals surface area contributed by atoms with Crippen LogP contribution in [0, 0.1) is 39.9 Å². The van der Waals surface area contributed by atoms with Crippen LogP contribution in [0.4, 0.5) is 0 Å². The van der Waals surface area contributed by atoms with Crippen LogP contribution in [-0.4, -0.2) is 24.1 Å². The zero-order chi connectivity index (χ0) is 23.8. The minimum atomic E-state index is -0.510. The van der Waals surface area contributed by atoms with E-state index >= 15 is 0 Å². The normalized spacial score (nSPS) is 50.8. The van der Waals surface area contributed by atoms with Crippen LogP contribution in [0.5, 0.6) is 0 Å². The van der Waals surface area contributed by atoms with Crippen molar-refractivity contribution >= 4 is 11.9 Å². The molecule has 1 spiro atoms. The Kier molecular flexibility index (Phi) is 3.97. The van der Waals surface area contributed by atoms with E-state index in [2.05, 4.69) is 46.4 Å². The number of rotatable bonds is 0. The molecular weight excluding hydrogens is 424 g/mol. The third-order valence-electron chi connectivity index (χ3n) is 11.3. The fourth-order valence-corrected chi connectivity index (χ4v) is 9.82. The number of hydrogen-bond donors (Lipinski definition) is 0. The number of hydrogen-bond acceptors (Lipinski definition) is 4. The molecule has 9 unspecified atom stereocenters. The van der Waals surface area contributed by atoms with Crippen molar-refractivity contribution in [3.05, 3.63) is 46.6 Å². The Morgan fingerprint density at radius 1 is 1.09 bits per heavy atom. The Morgan fingerprint density at radius 3 is 2.68 bits per heavy atom. The maximum absolute atomic E-state index is 13.9. The summed E-state index contributed by atoms with van der Waals surface area (Å²) in [6, 6.07) is 0. The third kappa shape index (κ3) is 2.27. The molecule has 2 bridgehead atoms. The van der Waals surface area contributed by atoms with Crippen molar-refractivity contribution in [2.75, 3.05) is 0 Å². The van der Waals surface area contributed by atoms with Gasteiger partial charge in [0.2, 0.25) is 0 Å². The molecule has 2 heterocycles. The summed E-state index contributed by atoms with van der Waals surface area (Å²) in [5, 5.41) is 0. The predicted molar refractivity (Wildman–Crippen MR) is 128 cm³/mol. The summed E-state index contributed by atoms with van der Waals surface area (Å²) in [7, 11) is 0. The van der Waals surface area contributed by atoms with E-state index in [9.17, 15) is 9.59 Å². The van der Waals surface area contributed by atoms with Crippen LogP contribution in [0.15, 0.2) is 46.6 Å². The van der Waals surface area contributed by atoms with Gasteiger partial charge in [0.15, 0.2) is 0 Å². The van der Waals surface area contributed by atoms with Crippen LogP contribution in [0.1, 0.15) is 72.6 Å². The number of allylic oxidation sites excluding steroid dienone is 4. The molecule has 34 heavy (non-hydrogen) atoms. The van der Waals surface area contributed by atoms with Crippen LogP contribution in [0.25, 0.3) is 0 Å². The second kappa shape index (κ2) is 6.36. The summed E-state index contributed by atoms with van der Waals surface area (Å²) < 4.78 is 12.0. The smallest absolute Gasteiger partial charge is 0.334 e. The predicted octanol–water partition coefficient (Wildman–Crippen LogP) is 5.85. The first-order chi connectivity index (χ1) is 16.1. The average molecular weight is 461 g/mol. The van der Waals surface area contributed by atoms with E-state index in [0.29, 0.717) is 11.5 Å². The number of ether oxygens (including phenoxy) is 2. The molecule has 180 valence electrons. The fraction of sp³-hybridized carbons (Fsp3) is 0.667. The van der Waals surface area contributed by atoms with Gasteiger partial charge in [0.05, 0.1) is 5.41 Å². The first-order valence-corrected chi connectivity index (χ1v) is 13.3. The molecule has 0 aromatic carbocycles. The summed E-state index contributed by atoms with van der Waals surface area (Å²) in [4.78, 5) is 26.3. The van der Waals surface area contributed by atoms with Gasteiger partial charge in [-0.1, -0.05) is 61.3 Å². The molecule has 7 aliphatic rings. The monoisotopic (exact) mass is 460 g/mol. The molecule has 0 aromatic heterocycles. The molecule has 7 rings (SSSR count). The van der Waals surface area contributed by atoms with Gasteiger partial charge in [-0.25, -0.2) is 4.79 Å². The average Bonchev–Trinajstić information content (AvgIpc) is 3.37. The van der Waals surface area contributed by atoms with Crippen molar-refractivity contribution in [2.45, 2.75) is 84.8 Å². The maximum Gasteiger partial charge on any atom is 0.334 e. The summed E-state index contributed by atoms with van der Waals surface area (Å²) in [5.41, 5.74) is 5.76.